The molecule has 0 unspecified atom stereocenters. The summed E-state index contributed by atoms with van der Waals surface area (Å²) in [5.41, 5.74) is 6.14. The number of benzene rings is 3. The molecule has 3 aromatic carbocycles. The van der Waals surface area contributed by atoms with E-state index < -0.39 is 0 Å². The first kappa shape index (κ1) is 17.9. The zero-order chi connectivity index (χ0) is 18.2. The predicted octanol–water partition coefficient (Wildman–Crippen LogP) is 4.23. The normalized spacial score (nSPS) is 10.5. The molecule has 0 aromatic heterocycles. The number of rotatable bonds is 8. The van der Waals surface area contributed by atoms with Gasteiger partial charge < -0.3 is 19.9 Å². The molecule has 0 saturated heterocycles. The first-order chi connectivity index (χ1) is 12.8. The van der Waals surface area contributed by atoms with Gasteiger partial charge in [-0.1, -0.05) is 36.4 Å². The fourth-order valence-electron chi connectivity index (χ4n) is 2.41. The molecule has 0 radical (unpaired) electrons. The first-order valence-electron chi connectivity index (χ1n) is 8.15. The van der Waals surface area contributed by atoms with E-state index in [-0.39, 0.29) is 0 Å². The van der Waals surface area contributed by atoms with Gasteiger partial charge in [0.15, 0.2) is 11.5 Å². The van der Waals surface area contributed by atoms with Crippen LogP contribution < -0.4 is 20.4 Å². The van der Waals surface area contributed by atoms with Crippen LogP contribution in [0.15, 0.2) is 72.8 Å². The molecule has 26 heavy (non-hydrogen) atoms. The van der Waals surface area contributed by atoms with Crippen molar-refractivity contribution in [2.45, 2.75) is 13.1 Å². The third kappa shape index (κ3) is 4.81. The first-order valence-corrected chi connectivity index (χ1v) is 8.15. The van der Waals surface area contributed by atoms with Crippen LogP contribution in [-0.4, -0.2) is 10.4 Å². The van der Waals surface area contributed by atoms with Crippen LogP contribution in [0.4, 0.5) is 0 Å². The SMILES string of the molecule is ONCc1ccc(Oc2ccccc2Oc2ccc(CNO)cc2)cc1. The van der Waals surface area contributed by atoms with Crippen molar-refractivity contribution >= 4 is 0 Å². The van der Waals surface area contributed by atoms with E-state index in [4.69, 9.17) is 19.9 Å². The highest BCUT2D eigenvalue weighted by molar-refractivity contribution is 5.45. The lowest BCUT2D eigenvalue weighted by atomic mass is 10.2. The molecular weight excluding hydrogens is 332 g/mol. The number of hydroxylamine groups is 2. The van der Waals surface area contributed by atoms with Gasteiger partial charge in [0.2, 0.25) is 0 Å². The van der Waals surface area contributed by atoms with Gasteiger partial charge in [-0.2, -0.15) is 0 Å². The third-order valence-corrected chi connectivity index (χ3v) is 3.72. The van der Waals surface area contributed by atoms with Gasteiger partial charge in [0.05, 0.1) is 0 Å². The molecule has 3 aromatic rings. The van der Waals surface area contributed by atoms with E-state index in [9.17, 15) is 0 Å². The fraction of sp³-hybridized carbons (Fsp3) is 0.100. The van der Waals surface area contributed by atoms with Crippen molar-refractivity contribution in [1.82, 2.24) is 11.0 Å². The van der Waals surface area contributed by atoms with Crippen molar-refractivity contribution < 1.29 is 19.9 Å². The topological polar surface area (TPSA) is 83.0 Å². The summed E-state index contributed by atoms with van der Waals surface area (Å²) < 4.78 is 11.9. The van der Waals surface area contributed by atoms with Crippen LogP contribution >= 0.6 is 0 Å². The van der Waals surface area contributed by atoms with Crippen LogP contribution in [0.3, 0.4) is 0 Å². The van der Waals surface area contributed by atoms with Gasteiger partial charge in [-0.15, -0.1) is 0 Å². The summed E-state index contributed by atoms with van der Waals surface area (Å²) in [4.78, 5) is 0. The zero-order valence-electron chi connectivity index (χ0n) is 14.1. The lowest BCUT2D eigenvalue weighted by Crippen LogP contribution is -2.05. The van der Waals surface area contributed by atoms with Crippen molar-refractivity contribution in [2.75, 3.05) is 0 Å². The van der Waals surface area contributed by atoms with Gasteiger partial charge in [-0.05, 0) is 47.5 Å². The average molecular weight is 352 g/mol. The Labute approximate surface area is 151 Å². The second kappa shape index (κ2) is 8.98. The Morgan fingerprint density at radius 2 is 0.962 bits per heavy atom. The number of para-hydroxylation sites is 2. The Hall–Kier alpha value is -2.90. The van der Waals surface area contributed by atoms with Gasteiger partial charge in [0, 0.05) is 13.1 Å². The quantitative estimate of drug-likeness (QED) is 0.454. The summed E-state index contributed by atoms with van der Waals surface area (Å²) in [5.74, 6) is 2.54. The Morgan fingerprint density at radius 1 is 0.577 bits per heavy atom. The van der Waals surface area contributed by atoms with E-state index in [1.165, 1.54) is 0 Å². The molecule has 0 aliphatic carbocycles. The molecule has 0 fully saturated rings. The molecule has 6 nitrogen and oxygen atoms in total. The molecule has 4 N–H and O–H groups in total. The van der Waals surface area contributed by atoms with Crippen molar-refractivity contribution in [3.8, 4) is 23.0 Å². The van der Waals surface area contributed by atoms with Crippen molar-refractivity contribution in [3.05, 3.63) is 83.9 Å². The Kier molecular flexibility index (Phi) is 6.19. The van der Waals surface area contributed by atoms with Crippen LogP contribution in [0.1, 0.15) is 11.1 Å². The molecule has 0 saturated carbocycles. The van der Waals surface area contributed by atoms with E-state index >= 15 is 0 Å². The van der Waals surface area contributed by atoms with Crippen LogP contribution in [-0.2, 0) is 13.1 Å². The number of hydrogen-bond donors (Lipinski definition) is 4. The van der Waals surface area contributed by atoms with E-state index in [0.29, 0.717) is 36.1 Å². The molecule has 0 spiro atoms. The third-order valence-electron chi connectivity index (χ3n) is 3.72. The molecule has 0 amide bonds. The lowest BCUT2D eigenvalue weighted by molar-refractivity contribution is 0.161. The van der Waals surface area contributed by atoms with Gasteiger partial charge in [-0.3, -0.25) is 0 Å². The molecule has 3 rings (SSSR count). The van der Waals surface area contributed by atoms with Gasteiger partial charge in [-0.25, -0.2) is 11.0 Å². The number of hydrogen-bond acceptors (Lipinski definition) is 6. The second-order valence-electron chi connectivity index (χ2n) is 5.61. The Bertz CT molecular complexity index is 749. The summed E-state index contributed by atoms with van der Waals surface area (Å²) in [6.07, 6.45) is 0. The molecular formula is C20H20N2O4. The molecule has 6 heteroatoms. The molecule has 0 bridgehead atoms. The van der Waals surface area contributed by atoms with Gasteiger partial charge in [0.25, 0.3) is 0 Å². The van der Waals surface area contributed by atoms with Crippen molar-refractivity contribution in [1.29, 1.82) is 0 Å². The van der Waals surface area contributed by atoms with Crippen LogP contribution in [0.2, 0.25) is 0 Å². The second-order valence-corrected chi connectivity index (χ2v) is 5.61. The highest BCUT2D eigenvalue weighted by atomic mass is 16.5. The predicted molar refractivity (Wildman–Crippen MR) is 96.7 cm³/mol. The van der Waals surface area contributed by atoms with Crippen molar-refractivity contribution in [2.24, 2.45) is 0 Å². The average Bonchev–Trinajstić information content (AvgIpc) is 2.67. The summed E-state index contributed by atoms with van der Waals surface area (Å²) >= 11 is 0. The summed E-state index contributed by atoms with van der Waals surface area (Å²) in [6.45, 7) is 0.754. The summed E-state index contributed by atoms with van der Waals surface area (Å²) in [7, 11) is 0. The highest BCUT2D eigenvalue weighted by Gasteiger charge is 2.07. The van der Waals surface area contributed by atoms with Crippen molar-refractivity contribution in [3.63, 3.8) is 0 Å². The molecule has 134 valence electrons. The maximum absolute atomic E-state index is 8.73. The van der Waals surface area contributed by atoms with Crippen LogP contribution in [0.25, 0.3) is 0 Å². The monoisotopic (exact) mass is 352 g/mol. The van der Waals surface area contributed by atoms with Gasteiger partial charge in [0.1, 0.15) is 11.5 Å². The number of ether oxygens (including phenoxy) is 2. The smallest absolute Gasteiger partial charge is 0.169 e. The maximum atomic E-state index is 8.73. The highest BCUT2D eigenvalue weighted by Crippen LogP contribution is 2.34. The number of nitrogens with one attached hydrogen (secondary N) is 2. The van der Waals surface area contributed by atoms with E-state index in [0.717, 1.165) is 11.1 Å². The standard InChI is InChI=1S/C20H20N2O4/c23-21-13-15-5-9-17(10-6-15)25-19-3-1-2-4-20(19)26-18-11-7-16(8-12-18)14-22-24/h1-12,21-24H,13-14H2. The zero-order valence-corrected chi connectivity index (χ0v) is 14.1. The lowest BCUT2D eigenvalue weighted by Gasteiger charge is -2.13. The Morgan fingerprint density at radius 3 is 1.31 bits per heavy atom. The minimum Gasteiger partial charge on any atom is -0.453 e. The summed E-state index contributed by atoms with van der Waals surface area (Å²) in [5, 5.41) is 17.5. The van der Waals surface area contributed by atoms with Crippen LogP contribution in [0.5, 0.6) is 23.0 Å². The van der Waals surface area contributed by atoms with E-state index in [1.807, 2.05) is 72.8 Å². The Balaban J connectivity index is 1.73. The van der Waals surface area contributed by atoms with E-state index in [1.54, 1.807) is 0 Å². The molecule has 0 atom stereocenters. The molecule has 0 aliphatic heterocycles. The largest absolute Gasteiger partial charge is 0.453 e. The fourth-order valence-corrected chi connectivity index (χ4v) is 2.41. The minimum atomic E-state index is 0.377. The molecule has 0 heterocycles. The maximum Gasteiger partial charge on any atom is 0.169 e. The van der Waals surface area contributed by atoms with E-state index in [2.05, 4.69) is 11.0 Å². The molecule has 0 aliphatic rings. The van der Waals surface area contributed by atoms with Gasteiger partial charge >= 0.3 is 0 Å². The van der Waals surface area contributed by atoms with Crippen LogP contribution in [0, 0.1) is 0 Å². The minimum absolute atomic E-state index is 0.377. The summed E-state index contributed by atoms with van der Waals surface area (Å²) in [6, 6.07) is 22.2.